The number of aliphatic imine (C=N–C) groups is 1. The third-order valence-corrected chi connectivity index (χ3v) is 1.88. The van der Waals surface area contributed by atoms with Crippen molar-refractivity contribution in [1.29, 1.82) is 0 Å². The summed E-state index contributed by atoms with van der Waals surface area (Å²) in [5, 5.41) is 5.87. The van der Waals surface area contributed by atoms with Crippen LogP contribution in [0.4, 0.5) is 0 Å². The van der Waals surface area contributed by atoms with Crippen molar-refractivity contribution in [2.45, 2.75) is 40.2 Å². The van der Waals surface area contributed by atoms with Crippen molar-refractivity contribution in [3.63, 3.8) is 0 Å². The van der Waals surface area contributed by atoms with E-state index < -0.39 is 0 Å². The maximum Gasteiger partial charge on any atom is 0.221 e. The Labute approximate surface area is 103 Å². The van der Waals surface area contributed by atoms with Gasteiger partial charge in [-0.1, -0.05) is 13.8 Å². The van der Waals surface area contributed by atoms with E-state index in [1.54, 1.807) is 0 Å². The molecule has 6 nitrogen and oxygen atoms in total. The van der Waals surface area contributed by atoms with E-state index in [1.807, 2.05) is 13.8 Å². The third-order valence-electron chi connectivity index (χ3n) is 1.88. The van der Waals surface area contributed by atoms with Gasteiger partial charge in [0.1, 0.15) is 0 Å². The molecule has 0 fully saturated rings. The van der Waals surface area contributed by atoms with Gasteiger partial charge in [0, 0.05) is 19.0 Å². The molecule has 0 aromatic heterocycles. The highest BCUT2D eigenvalue weighted by molar-refractivity contribution is 5.80. The van der Waals surface area contributed by atoms with Gasteiger partial charge >= 0.3 is 0 Å². The molecule has 6 heteroatoms. The molecule has 1 amide bonds. The van der Waals surface area contributed by atoms with Crippen molar-refractivity contribution in [2.75, 3.05) is 13.1 Å². The first-order valence-electron chi connectivity index (χ1n) is 6.00. The van der Waals surface area contributed by atoms with Crippen LogP contribution in [0, 0.1) is 5.92 Å². The van der Waals surface area contributed by atoms with E-state index >= 15 is 0 Å². The summed E-state index contributed by atoms with van der Waals surface area (Å²) in [4.78, 5) is 15.5. The van der Waals surface area contributed by atoms with Crippen LogP contribution in [-0.4, -0.2) is 31.0 Å². The fourth-order valence-electron chi connectivity index (χ4n) is 1.08. The first-order chi connectivity index (χ1) is 7.95. The van der Waals surface area contributed by atoms with E-state index in [2.05, 4.69) is 34.9 Å². The molecule has 0 bridgehead atoms. The number of nitrogens with two attached hydrogens (primary N) is 1. The lowest BCUT2D eigenvalue weighted by atomic mass is 10.2. The molecule has 0 aromatic rings. The van der Waals surface area contributed by atoms with Gasteiger partial charge in [0.05, 0.1) is 6.54 Å². The van der Waals surface area contributed by atoms with Crippen LogP contribution >= 0.6 is 0 Å². The van der Waals surface area contributed by atoms with Crippen LogP contribution in [0.1, 0.15) is 34.1 Å². The van der Waals surface area contributed by atoms with E-state index in [1.165, 1.54) is 0 Å². The maximum absolute atomic E-state index is 11.4. The van der Waals surface area contributed by atoms with Crippen LogP contribution < -0.4 is 21.9 Å². The molecular formula is C11H25N5O. The molecule has 0 heterocycles. The highest BCUT2D eigenvalue weighted by atomic mass is 16.1. The zero-order chi connectivity index (χ0) is 13.3. The molecule has 0 aliphatic heterocycles. The Morgan fingerprint density at radius 3 is 2.41 bits per heavy atom. The molecule has 0 aliphatic rings. The van der Waals surface area contributed by atoms with Crippen molar-refractivity contribution in [3.8, 4) is 0 Å². The Hall–Kier alpha value is -1.30. The van der Waals surface area contributed by atoms with Crippen molar-refractivity contribution >= 4 is 11.9 Å². The first kappa shape index (κ1) is 15.7. The Balaban J connectivity index is 3.85. The van der Waals surface area contributed by atoms with Gasteiger partial charge in [-0.3, -0.25) is 15.2 Å². The van der Waals surface area contributed by atoms with Crippen LogP contribution in [0.15, 0.2) is 4.99 Å². The van der Waals surface area contributed by atoms with Gasteiger partial charge in [0.2, 0.25) is 11.9 Å². The number of hydrazine groups is 1. The molecule has 0 radical (unpaired) electrons. The minimum absolute atomic E-state index is 0.0170. The van der Waals surface area contributed by atoms with Gasteiger partial charge < -0.3 is 10.6 Å². The average Bonchev–Trinajstić information content (AvgIpc) is 2.24. The second-order valence-corrected chi connectivity index (χ2v) is 4.62. The maximum atomic E-state index is 11.4. The highest BCUT2D eigenvalue weighted by Crippen LogP contribution is 1.89. The highest BCUT2D eigenvalue weighted by Gasteiger charge is 2.02. The van der Waals surface area contributed by atoms with Crippen LogP contribution in [0.3, 0.4) is 0 Å². The quantitative estimate of drug-likeness (QED) is 0.228. The summed E-state index contributed by atoms with van der Waals surface area (Å²) < 4.78 is 0. The fraction of sp³-hybridized carbons (Fsp3) is 0.818. The molecule has 17 heavy (non-hydrogen) atoms. The number of carbonyl (C=O) groups excluding carboxylic acids is 1. The van der Waals surface area contributed by atoms with Crippen LogP contribution in [-0.2, 0) is 4.79 Å². The summed E-state index contributed by atoms with van der Waals surface area (Å²) in [5.74, 6) is 6.28. The molecular weight excluding hydrogens is 218 g/mol. The summed E-state index contributed by atoms with van der Waals surface area (Å²) in [7, 11) is 0. The summed E-state index contributed by atoms with van der Waals surface area (Å²) in [6.07, 6.45) is 0.373. The number of nitrogens with one attached hydrogen (secondary N) is 3. The number of hydrogen-bond donors (Lipinski definition) is 4. The van der Waals surface area contributed by atoms with E-state index in [0.717, 1.165) is 0 Å². The Kier molecular flexibility index (Phi) is 8.13. The van der Waals surface area contributed by atoms with Crippen LogP contribution in [0.25, 0.3) is 0 Å². The minimum Gasteiger partial charge on any atom is -0.356 e. The van der Waals surface area contributed by atoms with Crippen molar-refractivity contribution < 1.29 is 4.79 Å². The fourth-order valence-corrected chi connectivity index (χ4v) is 1.08. The van der Waals surface area contributed by atoms with E-state index in [9.17, 15) is 4.79 Å². The van der Waals surface area contributed by atoms with E-state index in [-0.39, 0.29) is 11.9 Å². The van der Waals surface area contributed by atoms with Crippen LogP contribution in [0.5, 0.6) is 0 Å². The Bertz CT molecular complexity index is 250. The van der Waals surface area contributed by atoms with E-state index in [0.29, 0.717) is 31.4 Å². The standard InChI is InChI=1S/C11H25N5O/c1-8(2)7-14-10(17)5-6-13-11(16-12)15-9(3)4/h8-9H,5-7,12H2,1-4H3,(H,14,17)(H2,13,15,16). The molecule has 0 spiro atoms. The molecule has 0 atom stereocenters. The predicted octanol–water partition coefficient (Wildman–Crippen LogP) is -0.0340. The second kappa shape index (κ2) is 8.81. The summed E-state index contributed by atoms with van der Waals surface area (Å²) in [5.41, 5.74) is 2.46. The lowest BCUT2D eigenvalue weighted by molar-refractivity contribution is -0.121. The molecule has 0 rings (SSSR count). The smallest absolute Gasteiger partial charge is 0.221 e. The molecule has 0 unspecified atom stereocenters. The summed E-state index contributed by atoms with van der Waals surface area (Å²) in [6, 6.07) is 0.250. The zero-order valence-electron chi connectivity index (χ0n) is 11.2. The normalized spacial score (nSPS) is 11.8. The zero-order valence-corrected chi connectivity index (χ0v) is 11.2. The number of hydrogen-bond acceptors (Lipinski definition) is 3. The molecule has 0 aromatic carbocycles. The number of guanidine groups is 1. The number of rotatable bonds is 6. The lowest BCUT2D eigenvalue weighted by Gasteiger charge is -2.12. The average molecular weight is 243 g/mol. The van der Waals surface area contributed by atoms with Crippen molar-refractivity contribution in [2.24, 2.45) is 16.8 Å². The largest absolute Gasteiger partial charge is 0.356 e. The van der Waals surface area contributed by atoms with Gasteiger partial charge in [0.15, 0.2) is 0 Å². The molecule has 0 aliphatic carbocycles. The first-order valence-corrected chi connectivity index (χ1v) is 6.00. The Morgan fingerprint density at radius 1 is 1.29 bits per heavy atom. The second-order valence-electron chi connectivity index (χ2n) is 4.62. The van der Waals surface area contributed by atoms with Crippen molar-refractivity contribution in [1.82, 2.24) is 16.1 Å². The number of amides is 1. The van der Waals surface area contributed by atoms with Gasteiger partial charge in [-0.2, -0.15) is 0 Å². The van der Waals surface area contributed by atoms with Gasteiger partial charge in [-0.25, -0.2) is 5.84 Å². The SMILES string of the molecule is CC(C)CNC(=O)CCN=C(NN)NC(C)C. The van der Waals surface area contributed by atoms with Crippen LogP contribution in [0.2, 0.25) is 0 Å². The van der Waals surface area contributed by atoms with Crippen molar-refractivity contribution in [3.05, 3.63) is 0 Å². The summed E-state index contributed by atoms with van der Waals surface area (Å²) >= 11 is 0. The predicted molar refractivity (Wildman–Crippen MR) is 70.4 cm³/mol. The van der Waals surface area contributed by atoms with Gasteiger partial charge in [0.25, 0.3) is 0 Å². The number of nitrogens with zero attached hydrogens (tertiary/aromatic N) is 1. The third kappa shape index (κ3) is 9.62. The van der Waals surface area contributed by atoms with Gasteiger partial charge in [-0.05, 0) is 19.8 Å². The topological polar surface area (TPSA) is 91.5 Å². The van der Waals surface area contributed by atoms with E-state index in [4.69, 9.17) is 5.84 Å². The molecule has 0 saturated heterocycles. The summed E-state index contributed by atoms with van der Waals surface area (Å²) in [6.45, 7) is 9.21. The van der Waals surface area contributed by atoms with Gasteiger partial charge in [-0.15, -0.1) is 0 Å². The molecule has 5 N–H and O–H groups in total. The lowest BCUT2D eigenvalue weighted by Crippen LogP contribution is -2.44. The monoisotopic (exact) mass is 243 g/mol. The Morgan fingerprint density at radius 2 is 1.94 bits per heavy atom. The molecule has 0 saturated carbocycles. The number of carbonyl (C=O) groups is 1. The minimum atomic E-state index is 0.0170. The molecule has 100 valence electrons.